The van der Waals surface area contributed by atoms with E-state index < -0.39 is 5.97 Å². The smallest absolute Gasteiger partial charge is 0.303 e. The van der Waals surface area contributed by atoms with Gasteiger partial charge in [0, 0.05) is 74.5 Å². The third-order valence-corrected chi connectivity index (χ3v) is 8.14. The lowest BCUT2D eigenvalue weighted by atomic mass is 9.93. The first-order valence-corrected chi connectivity index (χ1v) is 15.0. The summed E-state index contributed by atoms with van der Waals surface area (Å²) in [4.78, 5) is 31.9. The van der Waals surface area contributed by atoms with Crippen molar-refractivity contribution < 1.29 is 19.4 Å². The van der Waals surface area contributed by atoms with Crippen LogP contribution in [0, 0.1) is 5.92 Å². The number of methoxy groups -OCH3 is 1. The molecule has 224 valence electrons. The number of aliphatic carboxylic acids is 1. The van der Waals surface area contributed by atoms with E-state index in [1.165, 1.54) is 0 Å². The van der Waals surface area contributed by atoms with E-state index in [1.807, 2.05) is 24.3 Å². The van der Waals surface area contributed by atoms with E-state index >= 15 is 0 Å². The fourth-order valence-corrected chi connectivity index (χ4v) is 5.97. The van der Waals surface area contributed by atoms with Crippen LogP contribution in [-0.4, -0.2) is 95.4 Å². The van der Waals surface area contributed by atoms with Gasteiger partial charge in [-0.05, 0) is 61.7 Å². The van der Waals surface area contributed by atoms with Gasteiger partial charge >= 0.3 is 5.97 Å². The minimum absolute atomic E-state index is 0.224. The minimum atomic E-state index is -0.730. The number of hydrogen-bond acceptors (Lipinski definition) is 9. The van der Waals surface area contributed by atoms with Gasteiger partial charge in [0.05, 0.1) is 24.7 Å². The number of benzene rings is 1. The molecule has 0 aliphatic carbocycles. The van der Waals surface area contributed by atoms with Gasteiger partial charge in [-0.2, -0.15) is 0 Å². The molecule has 5 rings (SSSR count). The van der Waals surface area contributed by atoms with Crippen LogP contribution in [0.2, 0.25) is 10.0 Å². The maximum absolute atomic E-state index is 11.1. The predicted molar refractivity (Wildman–Crippen MR) is 163 cm³/mol. The minimum Gasteiger partial charge on any atom is -0.481 e. The first kappa shape index (κ1) is 30.4. The number of hydrogen-bond donors (Lipinski definition) is 1. The van der Waals surface area contributed by atoms with E-state index in [-0.39, 0.29) is 12.3 Å². The van der Waals surface area contributed by atoms with Crippen molar-refractivity contribution in [3.63, 3.8) is 0 Å². The lowest BCUT2D eigenvalue weighted by molar-refractivity contribution is -0.138. The molecule has 0 bridgehead atoms. The molecule has 10 nitrogen and oxygen atoms in total. The monoisotopic (exact) mass is 614 g/mol. The van der Waals surface area contributed by atoms with Gasteiger partial charge in [0.25, 0.3) is 0 Å². The molecule has 0 radical (unpaired) electrons. The molecule has 4 heterocycles. The fraction of sp³-hybridized carbons (Fsp3) is 0.467. The second-order valence-electron chi connectivity index (χ2n) is 10.8. The van der Waals surface area contributed by atoms with Crippen molar-refractivity contribution >= 4 is 35.1 Å². The highest BCUT2D eigenvalue weighted by atomic mass is 35.5. The summed E-state index contributed by atoms with van der Waals surface area (Å²) in [5, 5.41) is 10.2. The zero-order chi connectivity index (χ0) is 29.5. The van der Waals surface area contributed by atoms with E-state index in [2.05, 4.69) is 24.7 Å². The summed E-state index contributed by atoms with van der Waals surface area (Å²) < 4.78 is 11.4. The Morgan fingerprint density at radius 3 is 2.29 bits per heavy atom. The van der Waals surface area contributed by atoms with Crippen LogP contribution in [0.4, 0.5) is 5.95 Å². The highest BCUT2D eigenvalue weighted by molar-refractivity contribution is 6.35. The molecule has 2 aliphatic heterocycles. The summed E-state index contributed by atoms with van der Waals surface area (Å²) >= 11 is 12.6. The first-order valence-electron chi connectivity index (χ1n) is 14.2. The van der Waals surface area contributed by atoms with Gasteiger partial charge in [0.1, 0.15) is 0 Å². The normalized spacial score (nSPS) is 17.0. The molecular formula is C30H36Cl2N6O4. The molecule has 0 atom stereocenters. The van der Waals surface area contributed by atoms with E-state index in [0.29, 0.717) is 39.9 Å². The number of halogens is 2. The Balaban J connectivity index is 1.30. The molecule has 0 amide bonds. The number of pyridine rings is 1. The van der Waals surface area contributed by atoms with Crippen molar-refractivity contribution in [1.29, 1.82) is 0 Å². The van der Waals surface area contributed by atoms with Gasteiger partial charge in [-0.3, -0.25) is 14.6 Å². The van der Waals surface area contributed by atoms with Crippen LogP contribution >= 0.6 is 23.2 Å². The molecular weight excluding hydrogens is 579 g/mol. The largest absolute Gasteiger partial charge is 0.481 e. The van der Waals surface area contributed by atoms with Gasteiger partial charge in [0.2, 0.25) is 11.8 Å². The molecule has 0 unspecified atom stereocenters. The number of nitrogens with zero attached hydrogens (tertiary/aromatic N) is 6. The van der Waals surface area contributed by atoms with E-state index in [0.717, 1.165) is 76.4 Å². The lowest BCUT2D eigenvalue weighted by Crippen LogP contribution is -2.47. The number of carboxylic acid groups (broad SMARTS) is 1. The molecule has 42 heavy (non-hydrogen) atoms. The average molecular weight is 616 g/mol. The Kier molecular flexibility index (Phi) is 10.5. The number of piperazine rings is 1. The molecule has 3 aromatic rings. The highest BCUT2D eigenvalue weighted by Crippen LogP contribution is 2.31. The third-order valence-electron chi connectivity index (χ3n) is 7.70. The summed E-state index contributed by atoms with van der Waals surface area (Å²) in [5.74, 6) is 1.08. The summed E-state index contributed by atoms with van der Waals surface area (Å²) in [7, 11) is 1.72. The predicted octanol–water partition coefficient (Wildman–Crippen LogP) is 5.09. The van der Waals surface area contributed by atoms with Crippen molar-refractivity contribution in [3.8, 4) is 22.9 Å². The number of ether oxygens (including phenoxy) is 2. The SMILES string of the molecule is COCCN1CCN(c2ncc(Oc3cc(CN4CCC(CC(=O)O)CC4)cc(-c4cc(Cl)cc(Cl)c4)n3)cn2)CC1. The quantitative estimate of drug-likeness (QED) is 0.314. The van der Waals surface area contributed by atoms with Gasteiger partial charge in [-0.25, -0.2) is 15.0 Å². The van der Waals surface area contributed by atoms with Gasteiger partial charge < -0.3 is 19.5 Å². The van der Waals surface area contributed by atoms with Crippen LogP contribution < -0.4 is 9.64 Å². The second-order valence-corrected chi connectivity index (χ2v) is 11.7. The van der Waals surface area contributed by atoms with Crippen molar-refractivity contribution in [2.24, 2.45) is 5.92 Å². The second kappa shape index (κ2) is 14.4. The van der Waals surface area contributed by atoms with Crippen LogP contribution in [0.25, 0.3) is 11.3 Å². The zero-order valence-corrected chi connectivity index (χ0v) is 25.2. The van der Waals surface area contributed by atoms with E-state index in [9.17, 15) is 4.79 Å². The Hall–Kier alpha value is -3.02. The van der Waals surface area contributed by atoms with Crippen LogP contribution in [0.3, 0.4) is 0 Å². The average Bonchev–Trinajstić information content (AvgIpc) is 2.97. The Bertz CT molecular complexity index is 1330. The Morgan fingerprint density at radius 2 is 1.64 bits per heavy atom. The van der Waals surface area contributed by atoms with Gasteiger partial charge in [-0.15, -0.1) is 0 Å². The number of aromatic nitrogens is 3. The molecule has 2 saturated heterocycles. The molecule has 2 aliphatic rings. The molecule has 0 spiro atoms. The number of piperidine rings is 1. The summed E-state index contributed by atoms with van der Waals surface area (Å²) in [6, 6.07) is 9.28. The highest BCUT2D eigenvalue weighted by Gasteiger charge is 2.22. The van der Waals surface area contributed by atoms with Crippen molar-refractivity contribution in [2.75, 3.05) is 64.4 Å². The molecule has 2 fully saturated rings. The van der Waals surface area contributed by atoms with Crippen molar-refractivity contribution in [2.45, 2.75) is 25.8 Å². The van der Waals surface area contributed by atoms with Crippen LogP contribution in [0.15, 0.2) is 42.7 Å². The number of carbonyl (C=O) groups is 1. The van der Waals surface area contributed by atoms with Crippen LogP contribution in [0.1, 0.15) is 24.8 Å². The van der Waals surface area contributed by atoms with Crippen LogP contribution in [0.5, 0.6) is 11.6 Å². The molecule has 0 saturated carbocycles. The zero-order valence-electron chi connectivity index (χ0n) is 23.7. The summed E-state index contributed by atoms with van der Waals surface area (Å²) in [6.07, 6.45) is 5.31. The van der Waals surface area contributed by atoms with Crippen LogP contribution in [-0.2, 0) is 16.1 Å². The maximum atomic E-state index is 11.1. The molecule has 12 heteroatoms. The lowest BCUT2D eigenvalue weighted by Gasteiger charge is -2.34. The molecule has 1 aromatic carbocycles. The summed E-state index contributed by atoms with van der Waals surface area (Å²) in [6.45, 7) is 7.61. The number of anilines is 1. The van der Waals surface area contributed by atoms with Crippen molar-refractivity contribution in [3.05, 3.63) is 58.3 Å². The van der Waals surface area contributed by atoms with E-state index in [1.54, 1.807) is 25.6 Å². The number of likely N-dealkylation sites (tertiary alicyclic amines) is 1. The Labute approximate surface area is 256 Å². The molecule has 1 N–H and O–H groups in total. The molecule has 2 aromatic heterocycles. The van der Waals surface area contributed by atoms with Gasteiger partial charge in [0.15, 0.2) is 5.75 Å². The Morgan fingerprint density at radius 1 is 0.952 bits per heavy atom. The topological polar surface area (TPSA) is 104 Å². The maximum Gasteiger partial charge on any atom is 0.303 e. The van der Waals surface area contributed by atoms with Gasteiger partial charge in [-0.1, -0.05) is 23.2 Å². The first-order chi connectivity index (χ1) is 20.3. The number of rotatable bonds is 11. The fourth-order valence-electron chi connectivity index (χ4n) is 5.44. The number of carboxylic acids is 1. The van der Waals surface area contributed by atoms with E-state index in [4.69, 9.17) is 42.8 Å². The summed E-state index contributed by atoms with van der Waals surface area (Å²) in [5.41, 5.74) is 2.50. The standard InChI is InChI=1S/C30H36Cl2N6O4/c1-41-11-10-36-6-8-38(9-7-36)30-33-18-26(19-34-30)42-28-13-22(20-37-4-2-21(3-5-37)14-29(39)40)12-27(35-28)23-15-24(31)17-25(32)16-23/h12-13,15-19,21H,2-11,14,20H2,1H3,(H,39,40). The third kappa shape index (κ3) is 8.52. The van der Waals surface area contributed by atoms with Crippen molar-refractivity contribution in [1.82, 2.24) is 24.8 Å².